The molecule has 1 aromatic heterocycles. The first-order valence-electron chi connectivity index (χ1n) is 3.76. The maximum Gasteiger partial charge on any atom is 0.132 e. The maximum absolute atomic E-state index is 9.22. The van der Waals surface area contributed by atoms with E-state index < -0.39 is 0 Å². The van der Waals surface area contributed by atoms with Crippen LogP contribution >= 0.6 is 11.6 Å². The molecule has 0 amide bonds. The van der Waals surface area contributed by atoms with Gasteiger partial charge in [-0.3, -0.25) is 0 Å². The first-order valence-corrected chi connectivity index (χ1v) is 4.14. The molecule has 0 atom stereocenters. The van der Waals surface area contributed by atoms with Gasteiger partial charge in [0.15, 0.2) is 0 Å². The summed E-state index contributed by atoms with van der Waals surface area (Å²) < 4.78 is 1.54. The van der Waals surface area contributed by atoms with Crippen LogP contribution in [0.1, 0.15) is 0 Å². The van der Waals surface area contributed by atoms with E-state index in [2.05, 4.69) is 5.10 Å². The average Bonchev–Trinajstić information content (AvgIpc) is 2.51. The normalized spacial score (nSPS) is 10.2. The minimum absolute atomic E-state index is 0.198. The van der Waals surface area contributed by atoms with Crippen LogP contribution in [-0.2, 0) is 0 Å². The maximum atomic E-state index is 9.22. The predicted octanol–water partition coefficient (Wildman–Crippen LogP) is 2.23. The van der Waals surface area contributed by atoms with Crippen LogP contribution in [0.5, 0.6) is 5.75 Å². The van der Waals surface area contributed by atoms with Crippen molar-refractivity contribution in [2.24, 2.45) is 0 Å². The first-order chi connectivity index (χ1) is 6.27. The molecule has 1 N–H and O–H groups in total. The number of phenols is 1. The van der Waals surface area contributed by atoms with Crippen molar-refractivity contribution >= 4 is 11.6 Å². The quantitative estimate of drug-likeness (QED) is 0.756. The van der Waals surface area contributed by atoms with E-state index in [1.807, 2.05) is 6.07 Å². The van der Waals surface area contributed by atoms with Gasteiger partial charge in [0.05, 0.1) is 11.9 Å². The Morgan fingerprint density at radius 2 is 2.15 bits per heavy atom. The van der Waals surface area contributed by atoms with Crippen LogP contribution in [0.3, 0.4) is 0 Å². The summed E-state index contributed by atoms with van der Waals surface area (Å²) in [4.78, 5) is 0. The van der Waals surface area contributed by atoms with E-state index in [0.717, 1.165) is 5.69 Å². The van der Waals surface area contributed by atoms with E-state index in [4.69, 9.17) is 11.6 Å². The molecular formula is C9H7ClN2O. The lowest BCUT2D eigenvalue weighted by Crippen LogP contribution is -1.94. The number of hydrogen-bond acceptors (Lipinski definition) is 2. The average molecular weight is 195 g/mol. The highest BCUT2D eigenvalue weighted by atomic mass is 35.5. The number of phenolic OH excluding ortho intramolecular Hbond substituents is 1. The van der Waals surface area contributed by atoms with E-state index in [-0.39, 0.29) is 5.75 Å². The summed E-state index contributed by atoms with van der Waals surface area (Å²) in [6, 6.07) is 8.44. The van der Waals surface area contributed by atoms with Gasteiger partial charge in [-0.2, -0.15) is 5.10 Å². The highest BCUT2D eigenvalue weighted by Gasteiger charge is 2.01. The fourth-order valence-corrected chi connectivity index (χ4v) is 1.30. The molecule has 0 aliphatic carbocycles. The summed E-state index contributed by atoms with van der Waals surface area (Å²) in [6.07, 6.45) is 1.60. The second kappa shape index (κ2) is 3.11. The van der Waals surface area contributed by atoms with Crippen molar-refractivity contribution < 1.29 is 5.11 Å². The minimum Gasteiger partial charge on any atom is -0.508 e. The van der Waals surface area contributed by atoms with Crippen LogP contribution in [0.25, 0.3) is 5.69 Å². The molecule has 66 valence electrons. The molecule has 3 nitrogen and oxygen atoms in total. The topological polar surface area (TPSA) is 38.0 Å². The molecule has 0 fully saturated rings. The molecule has 13 heavy (non-hydrogen) atoms. The van der Waals surface area contributed by atoms with Gasteiger partial charge in [0.25, 0.3) is 0 Å². The van der Waals surface area contributed by atoms with Gasteiger partial charge in [-0.15, -0.1) is 0 Å². The number of nitrogens with zero attached hydrogens (tertiary/aromatic N) is 2. The van der Waals surface area contributed by atoms with Gasteiger partial charge in [0, 0.05) is 6.07 Å². The Labute approximate surface area is 80.2 Å². The van der Waals surface area contributed by atoms with Gasteiger partial charge in [0.1, 0.15) is 10.9 Å². The smallest absolute Gasteiger partial charge is 0.132 e. The molecular weight excluding hydrogens is 188 g/mol. The number of hydrogen-bond donors (Lipinski definition) is 1. The zero-order chi connectivity index (χ0) is 9.26. The van der Waals surface area contributed by atoms with E-state index in [1.165, 1.54) is 0 Å². The van der Waals surface area contributed by atoms with Gasteiger partial charge in [-0.1, -0.05) is 17.7 Å². The van der Waals surface area contributed by atoms with Crippen LogP contribution < -0.4 is 0 Å². The SMILES string of the molecule is Oc1cccc(-n2nccc2Cl)c1. The van der Waals surface area contributed by atoms with Crippen LogP contribution in [0.2, 0.25) is 5.15 Å². The predicted molar refractivity (Wildman–Crippen MR) is 50.2 cm³/mol. The molecule has 1 heterocycles. The lowest BCUT2D eigenvalue weighted by atomic mass is 10.3. The second-order valence-electron chi connectivity index (χ2n) is 2.59. The van der Waals surface area contributed by atoms with Gasteiger partial charge < -0.3 is 5.11 Å². The Morgan fingerprint density at radius 3 is 2.77 bits per heavy atom. The molecule has 0 saturated carbocycles. The molecule has 2 aromatic rings. The summed E-state index contributed by atoms with van der Waals surface area (Å²) in [5.74, 6) is 0.198. The molecule has 2 rings (SSSR count). The largest absolute Gasteiger partial charge is 0.508 e. The van der Waals surface area contributed by atoms with E-state index in [9.17, 15) is 5.11 Å². The van der Waals surface area contributed by atoms with Crippen molar-refractivity contribution in [3.8, 4) is 11.4 Å². The van der Waals surface area contributed by atoms with Gasteiger partial charge in [-0.25, -0.2) is 4.68 Å². The highest BCUT2D eigenvalue weighted by Crippen LogP contribution is 2.18. The van der Waals surface area contributed by atoms with Crippen LogP contribution in [-0.4, -0.2) is 14.9 Å². The van der Waals surface area contributed by atoms with Crippen molar-refractivity contribution in [1.29, 1.82) is 0 Å². The van der Waals surface area contributed by atoms with Crippen molar-refractivity contribution in [3.05, 3.63) is 41.7 Å². The Hall–Kier alpha value is -1.48. The summed E-state index contributed by atoms with van der Waals surface area (Å²) >= 11 is 5.85. The number of halogens is 1. The summed E-state index contributed by atoms with van der Waals surface area (Å²) in [5.41, 5.74) is 0.745. The lowest BCUT2D eigenvalue weighted by Gasteiger charge is -2.02. The summed E-state index contributed by atoms with van der Waals surface area (Å²) in [6.45, 7) is 0. The number of aromatic hydroxyl groups is 1. The molecule has 0 saturated heterocycles. The fraction of sp³-hybridized carbons (Fsp3) is 0. The first kappa shape index (κ1) is 8.13. The number of aromatic nitrogens is 2. The van der Waals surface area contributed by atoms with Crippen molar-refractivity contribution in [2.45, 2.75) is 0 Å². The van der Waals surface area contributed by atoms with Crippen LogP contribution in [0.15, 0.2) is 36.5 Å². The molecule has 0 radical (unpaired) electrons. The molecule has 0 bridgehead atoms. The third-order valence-corrected chi connectivity index (χ3v) is 1.96. The number of benzene rings is 1. The van der Waals surface area contributed by atoms with Crippen LogP contribution in [0, 0.1) is 0 Å². The monoisotopic (exact) mass is 194 g/mol. The van der Waals surface area contributed by atoms with Crippen LogP contribution in [0.4, 0.5) is 0 Å². The van der Waals surface area contributed by atoms with Crippen molar-refractivity contribution in [2.75, 3.05) is 0 Å². The van der Waals surface area contributed by atoms with Crippen molar-refractivity contribution in [3.63, 3.8) is 0 Å². The van der Waals surface area contributed by atoms with Gasteiger partial charge in [-0.05, 0) is 18.2 Å². The number of rotatable bonds is 1. The van der Waals surface area contributed by atoms with Gasteiger partial charge >= 0.3 is 0 Å². The molecule has 0 aliphatic rings. The molecule has 0 aliphatic heterocycles. The molecule has 4 heteroatoms. The van der Waals surface area contributed by atoms with E-state index in [0.29, 0.717) is 5.15 Å². The zero-order valence-corrected chi connectivity index (χ0v) is 7.44. The highest BCUT2D eigenvalue weighted by molar-refractivity contribution is 6.29. The Bertz CT molecular complexity index is 425. The van der Waals surface area contributed by atoms with Gasteiger partial charge in [0.2, 0.25) is 0 Å². The van der Waals surface area contributed by atoms with Crippen molar-refractivity contribution in [1.82, 2.24) is 9.78 Å². The Kier molecular flexibility index (Phi) is 1.94. The third-order valence-electron chi connectivity index (χ3n) is 1.67. The van der Waals surface area contributed by atoms with E-state index >= 15 is 0 Å². The summed E-state index contributed by atoms with van der Waals surface area (Å²) in [5, 5.41) is 13.7. The third kappa shape index (κ3) is 1.51. The standard InChI is InChI=1S/C9H7ClN2O/c10-9-4-5-11-12(9)7-2-1-3-8(13)6-7/h1-6,13H. The molecule has 0 unspecified atom stereocenters. The fourth-order valence-electron chi connectivity index (χ4n) is 1.10. The second-order valence-corrected chi connectivity index (χ2v) is 2.97. The summed E-state index contributed by atoms with van der Waals surface area (Å²) in [7, 11) is 0. The lowest BCUT2D eigenvalue weighted by molar-refractivity contribution is 0.475. The zero-order valence-electron chi connectivity index (χ0n) is 6.68. The Balaban J connectivity index is 2.53. The molecule has 1 aromatic carbocycles. The molecule has 0 spiro atoms. The Morgan fingerprint density at radius 1 is 1.31 bits per heavy atom. The minimum atomic E-state index is 0.198. The van der Waals surface area contributed by atoms with E-state index in [1.54, 1.807) is 35.1 Å².